The number of allylic oxidation sites excluding steroid dienone is 6. The molecule has 15 atom stereocenters. The van der Waals surface area contributed by atoms with E-state index < -0.39 is 77.8 Å². The number of carbonyl (C=O) groups excluding carboxylic acids is 5. The minimum absolute atomic E-state index is 0.0151. The summed E-state index contributed by atoms with van der Waals surface area (Å²) in [6.07, 6.45) is 13.4. The topological polar surface area (TPSA) is 219 Å². The largest absolute Gasteiger partial charge is 0.460 e. The van der Waals surface area contributed by atoms with E-state index in [0.717, 1.165) is 18.4 Å². The predicted molar refractivity (Wildman–Crippen MR) is 256 cm³/mol. The van der Waals surface area contributed by atoms with E-state index in [2.05, 4.69) is 15.5 Å². The van der Waals surface area contributed by atoms with Gasteiger partial charge >= 0.3 is 11.8 Å². The molecule has 17 heteroatoms. The van der Waals surface area contributed by atoms with Gasteiger partial charge in [0.15, 0.2) is 11.6 Å². The van der Waals surface area contributed by atoms with Crippen LogP contribution in [-0.4, -0.2) is 141 Å². The summed E-state index contributed by atoms with van der Waals surface area (Å²) in [6.45, 7) is 12.8. The Morgan fingerprint density at radius 2 is 1.64 bits per heavy atom. The average molecular weight is 966 g/mol. The monoisotopic (exact) mass is 966 g/mol. The van der Waals surface area contributed by atoms with Crippen LogP contribution in [0.4, 0.5) is 0 Å². The maximum absolute atomic E-state index is 14.7. The summed E-state index contributed by atoms with van der Waals surface area (Å²) >= 11 is 0. The number of esters is 1. The van der Waals surface area contributed by atoms with Crippen molar-refractivity contribution in [3.63, 3.8) is 0 Å². The number of aliphatic hydroxyl groups is 2. The van der Waals surface area contributed by atoms with Crippen molar-refractivity contribution in [1.29, 1.82) is 0 Å². The molecule has 1 aromatic heterocycles. The summed E-state index contributed by atoms with van der Waals surface area (Å²) in [4.78, 5) is 72.6. The van der Waals surface area contributed by atoms with E-state index in [9.17, 15) is 34.2 Å². The normalized spacial score (nSPS) is 36.3. The molecule has 1 saturated carbocycles. The van der Waals surface area contributed by atoms with Crippen LogP contribution in [0, 0.1) is 35.5 Å². The van der Waals surface area contributed by atoms with Crippen LogP contribution in [0.3, 0.4) is 0 Å². The molecule has 1 aromatic rings. The molecule has 4 aliphatic rings. The van der Waals surface area contributed by atoms with Gasteiger partial charge in [0.2, 0.25) is 5.78 Å². The van der Waals surface area contributed by atoms with Crippen molar-refractivity contribution in [2.24, 2.45) is 35.5 Å². The Morgan fingerprint density at radius 3 is 2.32 bits per heavy atom. The lowest BCUT2D eigenvalue weighted by molar-refractivity contribution is -0.231. The van der Waals surface area contributed by atoms with Gasteiger partial charge in [0, 0.05) is 58.5 Å². The number of nitrogens with zero attached hydrogens (tertiary/aromatic N) is 5. The third-order valence-electron chi connectivity index (χ3n) is 15.1. The number of tetrazole rings is 1. The number of amides is 1. The minimum Gasteiger partial charge on any atom is -0.460 e. The van der Waals surface area contributed by atoms with Crippen LogP contribution in [0.1, 0.15) is 132 Å². The molecule has 1 aliphatic carbocycles. The molecule has 3 aliphatic heterocycles. The molecular weight excluding hydrogens is 887 g/mol. The molecular formula is C52H79N5O12. The number of hydrogen-bond acceptors (Lipinski definition) is 15. The van der Waals surface area contributed by atoms with E-state index in [1.165, 1.54) is 12.0 Å². The molecule has 0 radical (unpaired) electrons. The zero-order valence-electron chi connectivity index (χ0n) is 42.5. The van der Waals surface area contributed by atoms with Crippen molar-refractivity contribution in [3.05, 3.63) is 53.9 Å². The number of aromatic nitrogens is 4. The predicted octanol–water partition coefficient (Wildman–Crippen LogP) is 6.05. The van der Waals surface area contributed by atoms with Gasteiger partial charge in [0.05, 0.1) is 30.5 Å². The Labute approximate surface area is 408 Å². The van der Waals surface area contributed by atoms with Crippen LogP contribution in [0.2, 0.25) is 0 Å². The SMILES string of the molecule is CO[C@H]1C[C@@H]2CC[C@@H](C)C(=O)C(O)(O2)C(=O)N2CCCCC2C(=O)O[C@H]([C@H](C)C[C@@H]2CC[C@@H](n3cnnn3)[C@H](OC)C2)CC(=O)C(C)=CC(C)[C@@H](O)[C@@H](OC)C(=O)[C@@H](C)C[C@H](C)C=CC=CC=C1C. The standard InChI is InChI=1S/C52H79N5O12/c1-31-16-12-11-13-17-32(2)43(65-8)28-39-21-19-33(3)49(61)52(64,69-39)51(63)56-23-15-14-18-41(56)50(62)68-44(35(5)26-38-20-22-40(45(27-38)66-9)57-30-53-54-55-57)29-42(58)34(4)25-37(7)47(60)48(67-10)46(59)36(6)24-31/h11-13,16-17,25,30-31,33,35-41,43-45,47-48,60,64H,14-15,18-24,26-29H2,1-10H3/t31-,33-,35-,36+,37?,38+,39+,40-,41?,43+,44+,45-,47-,48+,52?/m1/s1. The van der Waals surface area contributed by atoms with Crippen LogP contribution in [0.25, 0.3) is 0 Å². The van der Waals surface area contributed by atoms with E-state index in [-0.39, 0.29) is 67.3 Å². The number of methoxy groups -OCH3 is 3. The van der Waals surface area contributed by atoms with E-state index in [0.29, 0.717) is 50.5 Å². The number of piperidine rings is 1. The molecule has 2 N–H and O–H groups in total. The highest BCUT2D eigenvalue weighted by molar-refractivity contribution is 6.09. The fraction of sp³-hybridized carbons (Fsp3) is 0.731. The van der Waals surface area contributed by atoms with Crippen molar-refractivity contribution in [2.75, 3.05) is 27.9 Å². The van der Waals surface area contributed by atoms with Crippen molar-refractivity contribution >= 4 is 29.2 Å². The minimum atomic E-state index is -2.86. The summed E-state index contributed by atoms with van der Waals surface area (Å²) in [5, 5.41) is 35.4. The fourth-order valence-electron chi connectivity index (χ4n) is 10.7. The number of Topliss-reactive ketones (excluding diaryl/α,β-unsaturated/α-hetero) is 3. The van der Waals surface area contributed by atoms with Crippen molar-refractivity contribution in [1.82, 2.24) is 25.1 Å². The third-order valence-corrected chi connectivity index (χ3v) is 15.1. The van der Waals surface area contributed by atoms with Crippen LogP contribution in [-0.2, 0) is 47.7 Å². The van der Waals surface area contributed by atoms with E-state index in [1.807, 2.05) is 58.1 Å². The van der Waals surface area contributed by atoms with Gasteiger partial charge < -0.3 is 38.8 Å². The first kappa shape index (κ1) is 55.7. The van der Waals surface area contributed by atoms with Crippen molar-refractivity contribution in [2.45, 2.75) is 180 Å². The number of cyclic esters (lactones) is 1. The fourth-order valence-corrected chi connectivity index (χ4v) is 10.7. The lowest BCUT2D eigenvalue weighted by Crippen LogP contribution is -2.62. The highest BCUT2D eigenvalue weighted by Crippen LogP contribution is 2.39. The Morgan fingerprint density at radius 1 is 0.884 bits per heavy atom. The number of aliphatic hydroxyl groups excluding tert-OH is 1. The van der Waals surface area contributed by atoms with Gasteiger partial charge in [-0.25, -0.2) is 9.48 Å². The summed E-state index contributed by atoms with van der Waals surface area (Å²) in [6, 6.07) is -1.22. The van der Waals surface area contributed by atoms with Gasteiger partial charge in [0.1, 0.15) is 24.6 Å². The summed E-state index contributed by atoms with van der Waals surface area (Å²) in [5.41, 5.74) is 1.17. The molecule has 2 saturated heterocycles. The second kappa shape index (κ2) is 25.7. The Bertz CT molecular complexity index is 2020. The summed E-state index contributed by atoms with van der Waals surface area (Å²) < 4.78 is 31.7. The highest BCUT2D eigenvalue weighted by atomic mass is 16.6. The van der Waals surface area contributed by atoms with Gasteiger partial charge in [-0.3, -0.25) is 19.2 Å². The molecule has 0 spiro atoms. The van der Waals surface area contributed by atoms with E-state index in [1.54, 1.807) is 52.1 Å². The van der Waals surface area contributed by atoms with E-state index in [4.69, 9.17) is 23.7 Å². The number of ketones is 3. The Kier molecular flexibility index (Phi) is 20.8. The first-order valence-corrected chi connectivity index (χ1v) is 25.0. The number of rotatable bonds is 7. The van der Waals surface area contributed by atoms with Gasteiger partial charge in [0.25, 0.3) is 5.91 Å². The molecule has 69 heavy (non-hydrogen) atoms. The number of carbonyl (C=O) groups is 5. The first-order valence-electron chi connectivity index (χ1n) is 25.0. The molecule has 1 amide bonds. The number of ether oxygens (including phenoxy) is 5. The van der Waals surface area contributed by atoms with Crippen molar-refractivity contribution < 1.29 is 57.9 Å². The van der Waals surface area contributed by atoms with Crippen LogP contribution in [0.15, 0.2) is 53.9 Å². The molecule has 3 fully saturated rings. The quantitative estimate of drug-likeness (QED) is 0.235. The first-order chi connectivity index (χ1) is 32.8. The van der Waals surface area contributed by atoms with Crippen LogP contribution in [0.5, 0.6) is 0 Å². The third kappa shape index (κ3) is 14.2. The maximum Gasteiger partial charge on any atom is 0.329 e. The number of fused-ring (bicyclic) bond motifs is 3. The number of hydrogen-bond donors (Lipinski definition) is 2. The van der Waals surface area contributed by atoms with Gasteiger partial charge in [-0.1, -0.05) is 71.1 Å². The van der Waals surface area contributed by atoms with E-state index >= 15 is 0 Å². The van der Waals surface area contributed by atoms with Gasteiger partial charge in [-0.05, 0) is 117 Å². The zero-order valence-corrected chi connectivity index (χ0v) is 42.5. The molecule has 0 aromatic carbocycles. The highest BCUT2D eigenvalue weighted by Gasteiger charge is 2.55. The Hall–Kier alpha value is -4.26. The molecule has 3 unspecified atom stereocenters. The van der Waals surface area contributed by atoms with Crippen LogP contribution < -0.4 is 0 Å². The van der Waals surface area contributed by atoms with Gasteiger partial charge in [-0.2, -0.15) is 0 Å². The second-order valence-electron chi connectivity index (χ2n) is 20.4. The maximum atomic E-state index is 14.7. The molecule has 2 bridgehead atoms. The lowest BCUT2D eigenvalue weighted by atomic mass is 9.77. The average Bonchev–Trinajstić information content (AvgIpc) is 3.85. The second-order valence-corrected chi connectivity index (χ2v) is 20.4. The summed E-state index contributed by atoms with van der Waals surface area (Å²) in [7, 11) is 4.61. The van der Waals surface area contributed by atoms with Crippen LogP contribution >= 0.6 is 0 Å². The summed E-state index contributed by atoms with van der Waals surface area (Å²) in [5.74, 6) is -7.95. The van der Waals surface area contributed by atoms with Gasteiger partial charge in [-0.15, -0.1) is 5.10 Å². The Balaban J connectivity index is 1.49. The molecule has 5 rings (SSSR count). The smallest absolute Gasteiger partial charge is 0.329 e. The van der Waals surface area contributed by atoms with Crippen molar-refractivity contribution in [3.8, 4) is 0 Å². The lowest BCUT2D eigenvalue weighted by Gasteiger charge is -2.40. The molecule has 4 heterocycles. The zero-order chi connectivity index (χ0) is 50.6. The molecule has 17 nitrogen and oxygen atoms in total. The molecule has 384 valence electrons.